The van der Waals surface area contributed by atoms with E-state index in [-0.39, 0.29) is 6.10 Å². The maximum atomic E-state index is 8.92. The minimum Gasteiger partial charge on any atom is -0.490 e. The lowest BCUT2D eigenvalue weighted by molar-refractivity contribution is 0.254. The van der Waals surface area contributed by atoms with E-state index in [1.54, 1.807) is 12.1 Å². The number of ether oxygens (including phenoxy) is 1. The van der Waals surface area contributed by atoms with E-state index in [1.165, 1.54) is 0 Å². The third kappa shape index (κ3) is 1.55. The van der Waals surface area contributed by atoms with Crippen LogP contribution in [0.5, 0.6) is 5.75 Å². The molecule has 0 bridgehead atoms. The zero-order valence-electron chi connectivity index (χ0n) is 7.40. The molecule has 68 valence electrons. The monoisotopic (exact) mass is 178 g/mol. The fourth-order valence-electron chi connectivity index (χ4n) is 1.58. The maximum absolute atomic E-state index is 8.92. The Labute approximate surface area is 77.1 Å². The van der Waals surface area contributed by atoms with Gasteiger partial charge >= 0.3 is 7.12 Å². The molecule has 3 nitrogen and oxygen atoms in total. The number of benzene rings is 1. The molecule has 1 aromatic rings. The van der Waals surface area contributed by atoms with E-state index in [9.17, 15) is 0 Å². The van der Waals surface area contributed by atoms with Gasteiger partial charge in [-0.2, -0.15) is 0 Å². The van der Waals surface area contributed by atoms with Gasteiger partial charge in [0.2, 0.25) is 0 Å². The molecule has 4 heteroatoms. The summed E-state index contributed by atoms with van der Waals surface area (Å²) in [5.41, 5.74) is 1.62. The van der Waals surface area contributed by atoms with Gasteiger partial charge in [0.1, 0.15) is 11.9 Å². The first-order valence-electron chi connectivity index (χ1n) is 4.32. The van der Waals surface area contributed by atoms with Gasteiger partial charge in [0.05, 0.1) is 0 Å². The van der Waals surface area contributed by atoms with Gasteiger partial charge in [-0.1, -0.05) is 12.1 Å². The van der Waals surface area contributed by atoms with E-state index < -0.39 is 7.12 Å². The Balaban J connectivity index is 2.35. The predicted octanol–water partition coefficient (Wildman–Crippen LogP) is -0.310. The second-order valence-electron chi connectivity index (χ2n) is 3.37. The van der Waals surface area contributed by atoms with Gasteiger partial charge in [0.25, 0.3) is 0 Å². The van der Waals surface area contributed by atoms with Crippen LogP contribution in [0.4, 0.5) is 0 Å². The minimum absolute atomic E-state index is 0.195. The van der Waals surface area contributed by atoms with Crippen molar-refractivity contribution in [1.82, 2.24) is 0 Å². The van der Waals surface area contributed by atoms with Crippen molar-refractivity contribution in [3.8, 4) is 5.75 Å². The van der Waals surface area contributed by atoms with Crippen molar-refractivity contribution in [2.45, 2.75) is 19.4 Å². The van der Waals surface area contributed by atoms with Gasteiger partial charge < -0.3 is 14.8 Å². The second kappa shape index (κ2) is 3.05. The van der Waals surface area contributed by atoms with Gasteiger partial charge in [-0.15, -0.1) is 0 Å². The molecular weight excluding hydrogens is 167 g/mol. The van der Waals surface area contributed by atoms with Crippen LogP contribution in [-0.2, 0) is 6.42 Å². The Kier molecular flexibility index (Phi) is 2.02. The van der Waals surface area contributed by atoms with Crippen LogP contribution < -0.4 is 10.2 Å². The Morgan fingerprint density at radius 1 is 1.46 bits per heavy atom. The fraction of sp³-hybridized carbons (Fsp3) is 0.333. The number of fused-ring (bicyclic) bond motifs is 1. The van der Waals surface area contributed by atoms with Crippen LogP contribution in [0.1, 0.15) is 12.5 Å². The normalized spacial score (nSPS) is 19.5. The van der Waals surface area contributed by atoms with Crippen LogP contribution in [0.25, 0.3) is 0 Å². The zero-order chi connectivity index (χ0) is 9.42. The highest BCUT2D eigenvalue weighted by atomic mass is 16.5. The van der Waals surface area contributed by atoms with Gasteiger partial charge in [0.15, 0.2) is 0 Å². The largest absolute Gasteiger partial charge is 0.490 e. The number of hydrogen-bond acceptors (Lipinski definition) is 3. The van der Waals surface area contributed by atoms with E-state index in [0.29, 0.717) is 5.46 Å². The van der Waals surface area contributed by atoms with E-state index in [0.717, 1.165) is 17.7 Å². The molecule has 0 saturated heterocycles. The molecule has 2 rings (SSSR count). The molecule has 0 fully saturated rings. The Hall–Kier alpha value is -0.995. The molecule has 1 heterocycles. The van der Waals surface area contributed by atoms with E-state index >= 15 is 0 Å². The van der Waals surface area contributed by atoms with Crippen molar-refractivity contribution in [2.24, 2.45) is 0 Å². The first-order valence-corrected chi connectivity index (χ1v) is 4.32. The molecule has 0 saturated carbocycles. The lowest BCUT2D eigenvalue weighted by Crippen LogP contribution is -2.29. The summed E-state index contributed by atoms with van der Waals surface area (Å²) < 4.78 is 5.48. The zero-order valence-corrected chi connectivity index (χ0v) is 7.40. The van der Waals surface area contributed by atoms with Crippen LogP contribution >= 0.6 is 0 Å². The predicted molar refractivity (Wildman–Crippen MR) is 50.1 cm³/mol. The summed E-state index contributed by atoms with van der Waals surface area (Å²) in [6.45, 7) is 2.00. The molecule has 0 aromatic heterocycles. The summed E-state index contributed by atoms with van der Waals surface area (Å²) in [5, 5.41) is 17.8. The van der Waals surface area contributed by atoms with Crippen molar-refractivity contribution in [3.63, 3.8) is 0 Å². The molecule has 1 atom stereocenters. The van der Waals surface area contributed by atoms with Crippen molar-refractivity contribution < 1.29 is 14.8 Å². The van der Waals surface area contributed by atoms with Crippen molar-refractivity contribution in [2.75, 3.05) is 0 Å². The van der Waals surface area contributed by atoms with E-state index in [2.05, 4.69) is 0 Å². The topological polar surface area (TPSA) is 49.7 Å². The SMILES string of the molecule is CC1Cc2ccc(B(O)O)cc2O1. The van der Waals surface area contributed by atoms with Crippen molar-refractivity contribution in [1.29, 1.82) is 0 Å². The minimum atomic E-state index is -1.41. The highest BCUT2D eigenvalue weighted by molar-refractivity contribution is 6.58. The third-order valence-electron chi connectivity index (χ3n) is 2.22. The highest BCUT2D eigenvalue weighted by Crippen LogP contribution is 2.26. The summed E-state index contributed by atoms with van der Waals surface area (Å²) >= 11 is 0. The average molecular weight is 178 g/mol. The van der Waals surface area contributed by atoms with Gasteiger partial charge in [-0.25, -0.2) is 0 Å². The fourth-order valence-corrected chi connectivity index (χ4v) is 1.58. The quantitative estimate of drug-likeness (QED) is 0.580. The lowest BCUT2D eigenvalue weighted by atomic mass is 9.80. The molecule has 0 spiro atoms. The first-order chi connectivity index (χ1) is 6.16. The summed E-state index contributed by atoms with van der Waals surface area (Å²) in [5.74, 6) is 0.776. The molecule has 1 aliphatic rings. The number of rotatable bonds is 1. The molecular formula is C9H11BO3. The van der Waals surface area contributed by atoms with E-state index in [4.69, 9.17) is 14.8 Å². The standard InChI is InChI=1S/C9H11BO3/c1-6-4-7-2-3-8(10(11)12)5-9(7)13-6/h2-3,5-6,11-12H,4H2,1H3. The summed E-state index contributed by atoms with van der Waals surface area (Å²) in [7, 11) is -1.41. The highest BCUT2D eigenvalue weighted by Gasteiger charge is 2.21. The van der Waals surface area contributed by atoms with Gasteiger partial charge in [-0.3, -0.25) is 0 Å². The molecule has 1 aromatic carbocycles. The molecule has 0 aliphatic carbocycles. The molecule has 0 radical (unpaired) electrons. The lowest BCUT2D eigenvalue weighted by Gasteiger charge is -2.04. The van der Waals surface area contributed by atoms with Crippen molar-refractivity contribution in [3.05, 3.63) is 23.8 Å². The van der Waals surface area contributed by atoms with E-state index in [1.807, 2.05) is 13.0 Å². The van der Waals surface area contributed by atoms with Crippen LogP contribution in [-0.4, -0.2) is 23.3 Å². The smallest absolute Gasteiger partial charge is 0.488 e. The Bertz CT molecular complexity index is 325. The number of hydrogen-bond donors (Lipinski definition) is 2. The third-order valence-corrected chi connectivity index (χ3v) is 2.22. The van der Waals surface area contributed by atoms with Crippen molar-refractivity contribution >= 4 is 12.6 Å². The Morgan fingerprint density at radius 2 is 2.23 bits per heavy atom. The summed E-state index contributed by atoms with van der Waals surface area (Å²) in [4.78, 5) is 0. The summed E-state index contributed by atoms with van der Waals surface area (Å²) in [6.07, 6.45) is 1.10. The molecule has 1 aliphatic heterocycles. The molecule has 2 N–H and O–H groups in total. The van der Waals surface area contributed by atoms with Gasteiger partial charge in [0, 0.05) is 6.42 Å². The molecule has 1 unspecified atom stereocenters. The van der Waals surface area contributed by atoms with Crippen LogP contribution in [0.2, 0.25) is 0 Å². The average Bonchev–Trinajstić information content (AvgIpc) is 2.42. The first kappa shape index (κ1) is 8.60. The van der Waals surface area contributed by atoms with Gasteiger partial charge in [-0.05, 0) is 24.0 Å². The second-order valence-corrected chi connectivity index (χ2v) is 3.37. The summed E-state index contributed by atoms with van der Waals surface area (Å²) in [6, 6.07) is 5.28. The maximum Gasteiger partial charge on any atom is 0.488 e. The van der Waals surface area contributed by atoms with Crippen LogP contribution in [0.3, 0.4) is 0 Å². The molecule has 13 heavy (non-hydrogen) atoms. The Morgan fingerprint density at radius 3 is 2.92 bits per heavy atom. The van der Waals surface area contributed by atoms with Crippen LogP contribution in [0, 0.1) is 0 Å². The van der Waals surface area contributed by atoms with Crippen LogP contribution in [0.15, 0.2) is 18.2 Å². The molecule has 0 amide bonds.